The van der Waals surface area contributed by atoms with Gasteiger partial charge in [0.15, 0.2) is 0 Å². The second-order valence-corrected chi connectivity index (χ2v) is 8.36. The van der Waals surface area contributed by atoms with Crippen LogP contribution in [0.4, 0.5) is 0 Å². The summed E-state index contributed by atoms with van der Waals surface area (Å²) in [4.78, 5) is 1.10. The van der Waals surface area contributed by atoms with Crippen LogP contribution < -0.4 is 0 Å². The predicted octanol–water partition coefficient (Wildman–Crippen LogP) is 4.14. The number of benzene rings is 2. The van der Waals surface area contributed by atoms with Gasteiger partial charge >= 0.3 is 0 Å². The highest BCUT2D eigenvalue weighted by molar-refractivity contribution is 7.89. The van der Waals surface area contributed by atoms with E-state index < -0.39 is 10.0 Å². The molecule has 3 nitrogen and oxygen atoms in total. The summed E-state index contributed by atoms with van der Waals surface area (Å²) in [5.74, 6) is 0. The van der Waals surface area contributed by atoms with Crippen LogP contribution in [-0.4, -0.2) is 30.7 Å². The van der Waals surface area contributed by atoms with Gasteiger partial charge < -0.3 is 0 Å². The molecule has 0 spiro atoms. The fourth-order valence-electron chi connectivity index (χ4n) is 2.40. The molecular formula is C18H21NO2S2. The van der Waals surface area contributed by atoms with Gasteiger partial charge in [-0.1, -0.05) is 54.7 Å². The van der Waals surface area contributed by atoms with Crippen LogP contribution >= 0.6 is 12.2 Å². The standard InChI is InChI=1S/C18H21NO2S2/c1-14(13-15(2)22)19(3)23(20,21)18-11-9-17(10-12-18)16-7-5-4-6-8-16/h4-12,14H,13H2,1-3H3. The molecule has 5 heteroatoms. The summed E-state index contributed by atoms with van der Waals surface area (Å²) in [5, 5.41) is 0. The van der Waals surface area contributed by atoms with Crippen molar-refractivity contribution in [3.8, 4) is 11.1 Å². The molecule has 0 bridgehead atoms. The fraction of sp³-hybridized carbons (Fsp3) is 0.278. The first-order chi connectivity index (χ1) is 10.8. The van der Waals surface area contributed by atoms with Crippen LogP contribution in [0.15, 0.2) is 59.5 Å². The van der Waals surface area contributed by atoms with E-state index in [4.69, 9.17) is 12.2 Å². The lowest BCUT2D eigenvalue weighted by molar-refractivity contribution is 0.397. The molecule has 0 aliphatic heterocycles. The summed E-state index contributed by atoms with van der Waals surface area (Å²) in [6.07, 6.45) is 0.577. The maximum absolute atomic E-state index is 12.7. The molecule has 0 saturated heterocycles. The Balaban J connectivity index is 2.25. The van der Waals surface area contributed by atoms with Gasteiger partial charge in [0, 0.05) is 13.1 Å². The quantitative estimate of drug-likeness (QED) is 0.737. The van der Waals surface area contributed by atoms with E-state index in [1.165, 1.54) is 4.31 Å². The van der Waals surface area contributed by atoms with E-state index in [2.05, 4.69) is 0 Å². The zero-order valence-electron chi connectivity index (χ0n) is 13.6. The Hall–Kier alpha value is -1.56. The SMILES string of the molecule is CC(=S)CC(C)N(C)S(=O)(=O)c1ccc(-c2ccccc2)cc1. The van der Waals surface area contributed by atoms with Crippen LogP contribution in [0, 0.1) is 0 Å². The second-order valence-electron chi connectivity index (χ2n) is 5.67. The third-order valence-electron chi connectivity index (χ3n) is 3.84. The van der Waals surface area contributed by atoms with Crippen molar-refractivity contribution in [2.24, 2.45) is 0 Å². The minimum Gasteiger partial charge on any atom is -0.207 e. The van der Waals surface area contributed by atoms with E-state index in [-0.39, 0.29) is 6.04 Å². The summed E-state index contributed by atoms with van der Waals surface area (Å²) in [5.41, 5.74) is 2.06. The van der Waals surface area contributed by atoms with Gasteiger partial charge in [-0.3, -0.25) is 0 Å². The summed E-state index contributed by atoms with van der Waals surface area (Å²) in [6, 6.07) is 16.7. The molecule has 23 heavy (non-hydrogen) atoms. The fourth-order valence-corrected chi connectivity index (χ4v) is 4.00. The Bertz CT molecular complexity index is 768. The third kappa shape index (κ3) is 4.25. The molecule has 2 aromatic rings. The smallest absolute Gasteiger partial charge is 0.207 e. The monoisotopic (exact) mass is 347 g/mol. The van der Waals surface area contributed by atoms with Gasteiger partial charge in [-0.25, -0.2) is 8.42 Å². The third-order valence-corrected chi connectivity index (χ3v) is 5.99. The number of hydrogen-bond donors (Lipinski definition) is 0. The zero-order valence-corrected chi connectivity index (χ0v) is 15.2. The first-order valence-corrected chi connectivity index (χ1v) is 9.30. The molecule has 0 saturated carbocycles. The zero-order chi connectivity index (χ0) is 17.0. The van der Waals surface area contributed by atoms with Gasteiger partial charge in [0.2, 0.25) is 10.0 Å². The molecule has 2 aromatic carbocycles. The molecular weight excluding hydrogens is 326 g/mol. The number of thiocarbonyl (C=S) groups is 1. The second kappa shape index (κ2) is 7.34. The van der Waals surface area contributed by atoms with E-state index in [0.717, 1.165) is 16.0 Å². The molecule has 0 radical (unpaired) electrons. The van der Waals surface area contributed by atoms with Crippen molar-refractivity contribution < 1.29 is 8.42 Å². The molecule has 1 atom stereocenters. The highest BCUT2D eigenvalue weighted by Gasteiger charge is 2.25. The molecule has 0 fully saturated rings. The van der Waals surface area contributed by atoms with E-state index in [1.807, 2.05) is 56.3 Å². The molecule has 0 aliphatic rings. The highest BCUT2D eigenvalue weighted by Crippen LogP contribution is 2.23. The minimum absolute atomic E-state index is 0.161. The average Bonchev–Trinajstić information content (AvgIpc) is 2.54. The van der Waals surface area contributed by atoms with E-state index in [0.29, 0.717) is 11.3 Å². The topological polar surface area (TPSA) is 37.4 Å². The van der Waals surface area contributed by atoms with Crippen LogP contribution in [0.3, 0.4) is 0 Å². The molecule has 2 rings (SSSR count). The first-order valence-electron chi connectivity index (χ1n) is 7.45. The van der Waals surface area contributed by atoms with Crippen molar-refractivity contribution in [2.45, 2.75) is 31.2 Å². The van der Waals surface area contributed by atoms with Crippen molar-refractivity contribution in [3.05, 3.63) is 54.6 Å². The van der Waals surface area contributed by atoms with Crippen molar-refractivity contribution in [3.63, 3.8) is 0 Å². The molecule has 1 unspecified atom stereocenters. The lowest BCUT2D eigenvalue weighted by Gasteiger charge is -2.24. The Morgan fingerprint density at radius 1 is 1.04 bits per heavy atom. The van der Waals surface area contributed by atoms with Crippen LogP contribution in [0.25, 0.3) is 11.1 Å². The van der Waals surface area contributed by atoms with Gasteiger partial charge in [0.1, 0.15) is 0 Å². The average molecular weight is 348 g/mol. The Morgan fingerprint density at radius 3 is 2.09 bits per heavy atom. The van der Waals surface area contributed by atoms with Crippen LogP contribution in [0.2, 0.25) is 0 Å². The number of rotatable bonds is 6. The van der Waals surface area contributed by atoms with E-state index in [9.17, 15) is 8.42 Å². The predicted molar refractivity (Wildman–Crippen MR) is 99.2 cm³/mol. The largest absolute Gasteiger partial charge is 0.243 e. The van der Waals surface area contributed by atoms with Crippen molar-refractivity contribution in [2.75, 3.05) is 7.05 Å². The van der Waals surface area contributed by atoms with Gasteiger partial charge in [-0.05, 0) is 48.4 Å². The minimum atomic E-state index is -3.51. The Kier molecular flexibility index (Phi) is 5.68. The Labute approximate surface area is 144 Å². The number of hydrogen-bond acceptors (Lipinski definition) is 3. The van der Waals surface area contributed by atoms with Crippen LogP contribution in [-0.2, 0) is 10.0 Å². The first kappa shape index (κ1) is 17.8. The van der Waals surface area contributed by atoms with Gasteiger partial charge in [0.05, 0.1) is 4.90 Å². The molecule has 0 aliphatic carbocycles. The molecule has 0 amide bonds. The highest BCUT2D eigenvalue weighted by atomic mass is 32.2. The van der Waals surface area contributed by atoms with Gasteiger partial charge in [0.25, 0.3) is 0 Å². The van der Waals surface area contributed by atoms with Crippen molar-refractivity contribution in [1.82, 2.24) is 4.31 Å². The molecule has 0 N–H and O–H groups in total. The van der Waals surface area contributed by atoms with E-state index in [1.54, 1.807) is 19.2 Å². The van der Waals surface area contributed by atoms with Crippen LogP contribution in [0.1, 0.15) is 20.3 Å². The summed E-state index contributed by atoms with van der Waals surface area (Å²) >= 11 is 5.08. The molecule has 0 heterocycles. The molecule has 122 valence electrons. The summed E-state index contributed by atoms with van der Waals surface area (Å²) < 4.78 is 26.8. The summed E-state index contributed by atoms with van der Waals surface area (Å²) in [6.45, 7) is 3.70. The lowest BCUT2D eigenvalue weighted by atomic mass is 10.1. The maximum atomic E-state index is 12.7. The summed E-state index contributed by atoms with van der Waals surface area (Å²) in [7, 11) is -1.91. The Morgan fingerprint density at radius 2 is 1.57 bits per heavy atom. The van der Waals surface area contributed by atoms with Crippen molar-refractivity contribution >= 4 is 27.1 Å². The lowest BCUT2D eigenvalue weighted by Crippen LogP contribution is -2.36. The number of sulfonamides is 1. The molecule has 0 aromatic heterocycles. The number of nitrogens with zero attached hydrogens (tertiary/aromatic N) is 1. The van der Waals surface area contributed by atoms with Gasteiger partial charge in [-0.2, -0.15) is 4.31 Å². The maximum Gasteiger partial charge on any atom is 0.243 e. The van der Waals surface area contributed by atoms with Crippen molar-refractivity contribution in [1.29, 1.82) is 0 Å². The normalized spacial score (nSPS) is 13.0. The van der Waals surface area contributed by atoms with Gasteiger partial charge in [-0.15, -0.1) is 0 Å². The van der Waals surface area contributed by atoms with Crippen LogP contribution in [0.5, 0.6) is 0 Å². The van der Waals surface area contributed by atoms with E-state index >= 15 is 0 Å².